The van der Waals surface area contributed by atoms with Crippen molar-refractivity contribution in [2.75, 3.05) is 4.31 Å². The van der Waals surface area contributed by atoms with Gasteiger partial charge in [-0.25, -0.2) is 17.7 Å². The number of anilines is 1. The third-order valence-electron chi connectivity index (χ3n) is 4.61. The summed E-state index contributed by atoms with van der Waals surface area (Å²) >= 11 is 0. The lowest BCUT2D eigenvalue weighted by Gasteiger charge is -2.23. The highest BCUT2D eigenvalue weighted by molar-refractivity contribution is 7.92. The SMILES string of the molecule is CCC1Cn2c(nc3ccccc32)N1S(=O)(=O)c1ccc(C)cc1. The molecule has 0 aliphatic carbocycles. The van der Waals surface area contributed by atoms with Crippen molar-refractivity contribution in [3.8, 4) is 0 Å². The fourth-order valence-corrected chi connectivity index (χ4v) is 4.95. The fraction of sp³-hybridized carbons (Fsp3) is 0.278. The first kappa shape index (κ1) is 15.2. The van der Waals surface area contributed by atoms with Crippen molar-refractivity contribution in [3.05, 3.63) is 54.1 Å². The third kappa shape index (κ3) is 2.13. The smallest absolute Gasteiger partial charge is 0.266 e. The van der Waals surface area contributed by atoms with Crippen LogP contribution in [0, 0.1) is 6.92 Å². The third-order valence-corrected chi connectivity index (χ3v) is 6.45. The number of benzene rings is 2. The van der Waals surface area contributed by atoms with Crippen LogP contribution in [-0.4, -0.2) is 24.0 Å². The summed E-state index contributed by atoms with van der Waals surface area (Å²) < 4.78 is 30.0. The van der Waals surface area contributed by atoms with Crippen LogP contribution >= 0.6 is 0 Å². The van der Waals surface area contributed by atoms with Crippen LogP contribution in [0.3, 0.4) is 0 Å². The zero-order valence-corrected chi connectivity index (χ0v) is 14.5. The molecule has 0 spiro atoms. The van der Waals surface area contributed by atoms with Crippen molar-refractivity contribution < 1.29 is 8.42 Å². The number of hydrogen-bond acceptors (Lipinski definition) is 3. The van der Waals surface area contributed by atoms with Crippen molar-refractivity contribution in [1.82, 2.24) is 9.55 Å². The van der Waals surface area contributed by atoms with Crippen LogP contribution in [0.25, 0.3) is 11.0 Å². The molecular formula is C18H19N3O2S. The zero-order chi connectivity index (χ0) is 16.9. The highest BCUT2D eigenvalue weighted by Crippen LogP contribution is 2.36. The number of aromatic nitrogens is 2. The molecule has 1 atom stereocenters. The van der Waals surface area contributed by atoms with Gasteiger partial charge in [-0.3, -0.25) is 0 Å². The molecule has 24 heavy (non-hydrogen) atoms. The Hall–Kier alpha value is -2.34. The Morgan fingerprint density at radius 3 is 2.54 bits per heavy atom. The van der Waals surface area contributed by atoms with Gasteiger partial charge in [0.2, 0.25) is 5.95 Å². The Balaban J connectivity index is 1.89. The normalized spacial score (nSPS) is 17.4. The second-order valence-corrected chi connectivity index (χ2v) is 8.00. The van der Waals surface area contributed by atoms with Gasteiger partial charge in [0.25, 0.3) is 10.0 Å². The molecule has 1 aliphatic rings. The molecule has 0 N–H and O–H groups in total. The van der Waals surface area contributed by atoms with Gasteiger partial charge < -0.3 is 4.57 Å². The quantitative estimate of drug-likeness (QED) is 0.734. The van der Waals surface area contributed by atoms with Gasteiger partial charge in [0.05, 0.1) is 22.0 Å². The predicted octanol–water partition coefficient (Wildman–Crippen LogP) is 3.33. The summed E-state index contributed by atoms with van der Waals surface area (Å²) in [5.74, 6) is 0.517. The van der Waals surface area contributed by atoms with Crippen LogP contribution in [-0.2, 0) is 16.6 Å². The van der Waals surface area contributed by atoms with Crippen LogP contribution < -0.4 is 4.31 Å². The molecule has 1 unspecified atom stereocenters. The molecular weight excluding hydrogens is 322 g/mol. The molecule has 4 rings (SSSR count). The minimum Gasteiger partial charge on any atom is -0.307 e. The van der Waals surface area contributed by atoms with E-state index >= 15 is 0 Å². The van der Waals surface area contributed by atoms with Crippen molar-refractivity contribution in [3.63, 3.8) is 0 Å². The van der Waals surface area contributed by atoms with E-state index in [1.54, 1.807) is 12.1 Å². The second kappa shape index (κ2) is 5.34. The van der Waals surface area contributed by atoms with Crippen LogP contribution in [0.1, 0.15) is 18.9 Å². The highest BCUT2D eigenvalue weighted by atomic mass is 32.2. The van der Waals surface area contributed by atoms with E-state index < -0.39 is 10.0 Å². The number of imidazole rings is 1. The number of para-hydroxylation sites is 2. The van der Waals surface area contributed by atoms with E-state index in [1.165, 1.54) is 4.31 Å². The van der Waals surface area contributed by atoms with E-state index in [2.05, 4.69) is 4.98 Å². The maximum absolute atomic E-state index is 13.2. The molecule has 2 aromatic carbocycles. The molecule has 0 saturated carbocycles. The molecule has 0 amide bonds. The Kier molecular flexibility index (Phi) is 3.38. The van der Waals surface area contributed by atoms with E-state index in [0.717, 1.165) is 23.0 Å². The van der Waals surface area contributed by atoms with Gasteiger partial charge in [-0.15, -0.1) is 0 Å². The number of nitrogens with zero attached hydrogens (tertiary/aromatic N) is 3. The molecule has 124 valence electrons. The summed E-state index contributed by atoms with van der Waals surface area (Å²) in [5, 5.41) is 0. The van der Waals surface area contributed by atoms with Crippen molar-refractivity contribution in [2.45, 2.75) is 37.8 Å². The number of hydrogen-bond donors (Lipinski definition) is 0. The lowest BCUT2D eigenvalue weighted by atomic mass is 10.2. The van der Waals surface area contributed by atoms with Crippen molar-refractivity contribution in [1.29, 1.82) is 0 Å². The maximum atomic E-state index is 13.2. The Labute approximate surface area is 141 Å². The topological polar surface area (TPSA) is 55.2 Å². The number of rotatable bonds is 3. The van der Waals surface area contributed by atoms with Gasteiger partial charge in [-0.05, 0) is 37.6 Å². The van der Waals surface area contributed by atoms with E-state index in [-0.39, 0.29) is 6.04 Å². The Bertz CT molecular complexity index is 1010. The average molecular weight is 341 g/mol. The Morgan fingerprint density at radius 2 is 1.83 bits per heavy atom. The molecule has 2 heterocycles. The number of aryl methyl sites for hydroxylation is 1. The van der Waals surface area contributed by atoms with E-state index in [9.17, 15) is 8.42 Å². The minimum atomic E-state index is -3.63. The summed E-state index contributed by atoms with van der Waals surface area (Å²) in [4.78, 5) is 4.90. The molecule has 1 aromatic heterocycles. The van der Waals surface area contributed by atoms with E-state index in [0.29, 0.717) is 17.4 Å². The summed E-state index contributed by atoms with van der Waals surface area (Å²) in [6, 6.07) is 14.7. The fourth-order valence-electron chi connectivity index (χ4n) is 3.28. The summed E-state index contributed by atoms with van der Waals surface area (Å²) in [6.07, 6.45) is 0.739. The van der Waals surface area contributed by atoms with E-state index in [4.69, 9.17) is 0 Å². The number of sulfonamides is 1. The molecule has 3 aromatic rings. The van der Waals surface area contributed by atoms with Crippen LogP contribution in [0.15, 0.2) is 53.4 Å². The minimum absolute atomic E-state index is 0.108. The lowest BCUT2D eigenvalue weighted by molar-refractivity contribution is 0.565. The van der Waals surface area contributed by atoms with E-state index in [1.807, 2.05) is 54.8 Å². The summed E-state index contributed by atoms with van der Waals surface area (Å²) in [7, 11) is -3.63. The number of fused-ring (bicyclic) bond motifs is 3. The standard InChI is InChI=1S/C18H19N3O2S/c1-3-14-12-20-17-7-5-4-6-16(17)19-18(20)21(14)24(22,23)15-10-8-13(2)9-11-15/h4-11,14H,3,12H2,1-2H3. The maximum Gasteiger partial charge on any atom is 0.266 e. The van der Waals surface area contributed by atoms with Gasteiger partial charge in [0, 0.05) is 6.54 Å². The Morgan fingerprint density at radius 1 is 1.12 bits per heavy atom. The van der Waals surface area contributed by atoms with Gasteiger partial charge >= 0.3 is 0 Å². The summed E-state index contributed by atoms with van der Waals surface area (Å²) in [5.41, 5.74) is 2.84. The van der Waals surface area contributed by atoms with Gasteiger partial charge in [0.15, 0.2) is 0 Å². The first-order valence-electron chi connectivity index (χ1n) is 8.08. The molecule has 0 radical (unpaired) electrons. The van der Waals surface area contributed by atoms with Crippen molar-refractivity contribution in [2.24, 2.45) is 0 Å². The zero-order valence-electron chi connectivity index (χ0n) is 13.7. The average Bonchev–Trinajstić information content (AvgIpc) is 3.10. The predicted molar refractivity (Wildman–Crippen MR) is 94.7 cm³/mol. The lowest BCUT2D eigenvalue weighted by Crippen LogP contribution is -2.37. The first-order valence-corrected chi connectivity index (χ1v) is 9.52. The van der Waals surface area contributed by atoms with Crippen LogP contribution in [0.4, 0.5) is 5.95 Å². The molecule has 0 saturated heterocycles. The molecule has 1 aliphatic heterocycles. The second-order valence-electron chi connectivity index (χ2n) is 6.19. The first-order chi connectivity index (χ1) is 11.5. The largest absolute Gasteiger partial charge is 0.307 e. The molecule has 0 fully saturated rings. The summed E-state index contributed by atoms with van der Waals surface area (Å²) in [6.45, 7) is 4.59. The highest BCUT2D eigenvalue weighted by Gasteiger charge is 2.40. The van der Waals surface area contributed by atoms with Crippen LogP contribution in [0.5, 0.6) is 0 Å². The molecule has 5 nitrogen and oxygen atoms in total. The van der Waals surface area contributed by atoms with Gasteiger partial charge in [0.1, 0.15) is 0 Å². The van der Waals surface area contributed by atoms with Gasteiger partial charge in [-0.2, -0.15) is 0 Å². The molecule has 6 heteroatoms. The monoisotopic (exact) mass is 341 g/mol. The van der Waals surface area contributed by atoms with Crippen molar-refractivity contribution >= 4 is 27.0 Å². The van der Waals surface area contributed by atoms with Gasteiger partial charge in [-0.1, -0.05) is 36.8 Å². The van der Waals surface area contributed by atoms with Crippen LogP contribution in [0.2, 0.25) is 0 Å². The molecule has 0 bridgehead atoms.